The monoisotopic (exact) mass is 496 g/mol. The van der Waals surface area contributed by atoms with Crippen molar-refractivity contribution < 1.29 is 0 Å². The molecule has 4 N–H and O–H groups in total. The molecule has 0 bridgehead atoms. The molecular weight excluding hydrogens is 468 g/mol. The number of aliphatic imine (C=N–C) groups is 1. The number of aromatic nitrogens is 3. The lowest BCUT2D eigenvalue weighted by atomic mass is 10.0. The largest absolute Gasteiger partial charge is 0.397 e. The van der Waals surface area contributed by atoms with E-state index in [0.29, 0.717) is 23.1 Å². The zero-order chi connectivity index (χ0) is 24.5. The Morgan fingerprint density at radius 2 is 2.00 bits per heavy atom. The quantitative estimate of drug-likeness (QED) is 0.264. The van der Waals surface area contributed by atoms with Gasteiger partial charge in [-0.2, -0.15) is 0 Å². The molecule has 1 aliphatic carbocycles. The van der Waals surface area contributed by atoms with Crippen molar-refractivity contribution in [1.82, 2.24) is 25.2 Å². The van der Waals surface area contributed by atoms with E-state index in [1.54, 1.807) is 23.7 Å². The zero-order valence-electron chi connectivity index (χ0n) is 19.9. The molecule has 2 aliphatic rings. The number of nitrogens with one attached hydrogen (secondary N) is 2. The van der Waals surface area contributed by atoms with Crippen LogP contribution < -0.4 is 16.4 Å². The van der Waals surface area contributed by atoms with Crippen LogP contribution in [-0.2, 0) is 0 Å². The minimum atomic E-state index is 0.503. The Balaban J connectivity index is 1.33. The summed E-state index contributed by atoms with van der Waals surface area (Å²) in [5.41, 5.74) is 11.9. The Hall–Kier alpha value is -3.82. The van der Waals surface area contributed by atoms with E-state index in [0.717, 1.165) is 58.5 Å². The number of nitrogens with two attached hydrogens (primary N) is 1. The summed E-state index contributed by atoms with van der Waals surface area (Å²) in [6.45, 7) is 7.86. The topological polar surface area (TPSA) is 104 Å². The smallest absolute Gasteiger partial charge is 0.189 e. The van der Waals surface area contributed by atoms with Crippen molar-refractivity contribution >= 4 is 49.7 Å². The van der Waals surface area contributed by atoms with Gasteiger partial charge in [-0.05, 0) is 48.6 Å². The molecule has 1 saturated heterocycles. The van der Waals surface area contributed by atoms with E-state index in [1.807, 2.05) is 36.5 Å². The first-order valence-electron chi connectivity index (χ1n) is 12.2. The van der Waals surface area contributed by atoms with Crippen LogP contribution in [0.1, 0.15) is 35.4 Å². The van der Waals surface area contributed by atoms with Crippen molar-refractivity contribution in [3.8, 4) is 0 Å². The van der Waals surface area contributed by atoms with Gasteiger partial charge in [-0.25, -0.2) is 15.0 Å². The average molecular weight is 497 g/mol. The summed E-state index contributed by atoms with van der Waals surface area (Å²) in [5, 5.41) is 7.57. The number of pyridine rings is 2. The molecule has 36 heavy (non-hydrogen) atoms. The summed E-state index contributed by atoms with van der Waals surface area (Å²) in [7, 11) is 0. The van der Waals surface area contributed by atoms with Crippen LogP contribution in [0.3, 0.4) is 0 Å². The minimum Gasteiger partial charge on any atom is -0.397 e. The van der Waals surface area contributed by atoms with Gasteiger partial charge in [0.1, 0.15) is 11.7 Å². The fourth-order valence-corrected chi connectivity index (χ4v) is 5.40. The van der Waals surface area contributed by atoms with Crippen LogP contribution in [0.5, 0.6) is 0 Å². The second kappa shape index (κ2) is 9.67. The molecule has 1 saturated carbocycles. The van der Waals surface area contributed by atoms with Gasteiger partial charge in [-0.15, -0.1) is 0 Å². The fraction of sp³-hybridized carbons (Fsp3) is 0.259. The van der Waals surface area contributed by atoms with E-state index in [1.165, 1.54) is 18.4 Å². The third kappa shape index (κ3) is 4.67. The van der Waals surface area contributed by atoms with Crippen LogP contribution in [0.4, 0.5) is 16.6 Å². The lowest BCUT2D eigenvalue weighted by molar-refractivity contribution is 0.358. The van der Waals surface area contributed by atoms with Crippen LogP contribution in [0, 0.1) is 0 Å². The fourth-order valence-electron chi connectivity index (χ4n) is 4.52. The molecule has 0 amide bonds. The van der Waals surface area contributed by atoms with Gasteiger partial charge in [0.2, 0.25) is 0 Å². The molecule has 1 aliphatic heterocycles. The number of nitrogen functional groups attached to an aromatic ring is 1. The lowest BCUT2D eigenvalue weighted by Gasteiger charge is -2.32. The highest BCUT2D eigenvalue weighted by molar-refractivity contribution is 7.22. The van der Waals surface area contributed by atoms with E-state index in [4.69, 9.17) is 10.7 Å². The molecule has 0 radical (unpaired) electrons. The second-order valence-electron chi connectivity index (χ2n) is 9.13. The van der Waals surface area contributed by atoms with Gasteiger partial charge >= 0.3 is 0 Å². The highest BCUT2D eigenvalue weighted by Gasteiger charge is 2.31. The summed E-state index contributed by atoms with van der Waals surface area (Å²) >= 11 is 1.60. The number of benzene rings is 1. The molecule has 4 aromatic rings. The number of anilines is 3. The van der Waals surface area contributed by atoms with Crippen LogP contribution in [-0.4, -0.2) is 51.9 Å². The van der Waals surface area contributed by atoms with Crippen molar-refractivity contribution in [2.75, 3.05) is 37.2 Å². The van der Waals surface area contributed by atoms with E-state index in [-0.39, 0.29) is 0 Å². The summed E-state index contributed by atoms with van der Waals surface area (Å²) in [6.07, 6.45) is 7.79. The maximum Gasteiger partial charge on any atom is 0.189 e. The second-order valence-corrected chi connectivity index (χ2v) is 10.2. The number of para-hydroxylation sites is 1. The van der Waals surface area contributed by atoms with Gasteiger partial charge in [-0.3, -0.25) is 4.98 Å². The standard InChI is InChI=1S/C27H28N8S/c1-17(19-8-9-31-24(14-19)34-27-33-22-4-2-3-5-23(22)36-27)32-26(35-12-10-29-11-13-35)25-20(18-6-7-18)15-30-16-21(25)28/h2-5,8-9,14-16,18,29H,1,6-7,10-13,28H2,(H,31,33,34)/b32-26+. The third-order valence-corrected chi connectivity index (χ3v) is 7.48. The highest BCUT2D eigenvalue weighted by atomic mass is 32.1. The normalized spacial score (nSPS) is 16.3. The molecule has 1 aromatic carbocycles. The molecule has 182 valence electrons. The highest BCUT2D eigenvalue weighted by Crippen LogP contribution is 2.43. The van der Waals surface area contributed by atoms with Crippen molar-refractivity contribution in [2.24, 2.45) is 4.99 Å². The van der Waals surface area contributed by atoms with Crippen molar-refractivity contribution in [2.45, 2.75) is 18.8 Å². The number of hydrogen-bond acceptors (Lipinski definition) is 8. The van der Waals surface area contributed by atoms with Gasteiger partial charge < -0.3 is 21.3 Å². The SMILES string of the molecule is C=C(/N=C(\c1c(N)cncc1C1CC1)N1CCNCC1)c1ccnc(Nc2nc3ccccc3s2)c1. The molecule has 6 rings (SSSR count). The van der Waals surface area contributed by atoms with Crippen molar-refractivity contribution in [1.29, 1.82) is 0 Å². The molecule has 0 spiro atoms. The number of piperazine rings is 1. The van der Waals surface area contributed by atoms with Gasteiger partial charge in [0.15, 0.2) is 5.13 Å². The Morgan fingerprint density at radius 3 is 2.81 bits per heavy atom. The predicted molar refractivity (Wildman–Crippen MR) is 148 cm³/mol. The van der Waals surface area contributed by atoms with Gasteiger partial charge in [0, 0.05) is 49.7 Å². The zero-order valence-corrected chi connectivity index (χ0v) is 20.8. The first kappa shape index (κ1) is 22.6. The number of fused-ring (bicyclic) bond motifs is 1. The number of thiazole rings is 1. The predicted octanol–water partition coefficient (Wildman–Crippen LogP) is 4.61. The summed E-state index contributed by atoms with van der Waals surface area (Å²) in [4.78, 5) is 20.9. The number of nitrogens with zero attached hydrogens (tertiary/aromatic N) is 5. The van der Waals surface area contributed by atoms with Crippen LogP contribution in [0.2, 0.25) is 0 Å². The molecule has 3 aromatic heterocycles. The Kier molecular flexibility index (Phi) is 6.08. The Bertz CT molecular complexity index is 1420. The third-order valence-electron chi connectivity index (χ3n) is 6.52. The molecule has 0 atom stereocenters. The molecule has 8 nitrogen and oxygen atoms in total. The lowest BCUT2D eigenvalue weighted by Crippen LogP contribution is -2.47. The Labute approximate surface area is 214 Å². The summed E-state index contributed by atoms with van der Waals surface area (Å²) in [6, 6.07) is 12.0. The molecule has 0 unspecified atom stereocenters. The average Bonchev–Trinajstić information content (AvgIpc) is 3.67. The van der Waals surface area contributed by atoms with Gasteiger partial charge in [0.25, 0.3) is 0 Å². The van der Waals surface area contributed by atoms with Crippen LogP contribution in [0.15, 0.2) is 66.6 Å². The number of amidine groups is 1. The molecule has 2 fully saturated rings. The number of rotatable bonds is 6. The van der Waals surface area contributed by atoms with Crippen LogP contribution >= 0.6 is 11.3 Å². The minimum absolute atomic E-state index is 0.503. The molecular formula is C27H28N8S. The first-order chi connectivity index (χ1) is 17.7. The van der Waals surface area contributed by atoms with Crippen LogP contribution in [0.25, 0.3) is 15.9 Å². The molecule has 9 heteroatoms. The summed E-state index contributed by atoms with van der Waals surface area (Å²) in [5.74, 6) is 2.08. The van der Waals surface area contributed by atoms with Crippen molar-refractivity contribution in [3.63, 3.8) is 0 Å². The van der Waals surface area contributed by atoms with Gasteiger partial charge in [-0.1, -0.05) is 30.0 Å². The first-order valence-corrected chi connectivity index (χ1v) is 13.0. The maximum absolute atomic E-state index is 6.51. The van der Waals surface area contributed by atoms with E-state index in [2.05, 4.69) is 43.1 Å². The van der Waals surface area contributed by atoms with Crippen molar-refractivity contribution in [3.05, 3.63) is 78.3 Å². The maximum atomic E-state index is 6.51. The van der Waals surface area contributed by atoms with E-state index < -0.39 is 0 Å². The summed E-state index contributed by atoms with van der Waals surface area (Å²) < 4.78 is 1.13. The number of hydrogen-bond donors (Lipinski definition) is 3. The molecule has 4 heterocycles. The van der Waals surface area contributed by atoms with E-state index >= 15 is 0 Å². The van der Waals surface area contributed by atoms with Gasteiger partial charge in [0.05, 0.1) is 27.8 Å². The Morgan fingerprint density at radius 1 is 1.17 bits per heavy atom. The van der Waals surface area contributed by atoms with E-state index in [9.17, 15) is 0 Å².